The van der Waals surface area contributed by atoms with Crippen LogP contribution in [0.3, 0.4) is 0 Å². The maximum atomic E-state index is 6.56. The third-order valence-electron chi connectivity index (χ3n) is 4.16. The number of hydrogen-bond acceptors (Lipinski definition) is 3. The predicted molar refractivity (Wildman–Crippen MR) is 119 cm³/mol. The first kappa shape index (κ1) is 18.5. The monoisotopic (exact) mass is 400 g/mol. The van der Waals surface area contributed by atoms with Crippen LogP contribution in [0, 0.1) is 0 Å². The van der Waals surface area contributed by atoms with Crippen LogP contribution in [0.15, 0.2) is 128 Å². The molecule has 0 radical (unpaired) electrons. The number of azo groups is 1. The van der Waals surface area contributed by atoms with E-state index in [1.54, 1.807) is 11.8 Å². The molecule has 1 aliphatic heterocycles. The maximum Gasteiger partial charge on any atom is 0.111 e. The van der Waals surface area contributed by atoms with E-state index in [9.17, 15) is 0 Å². The van der Waals surface area contributed by atoms with E-state index in [1.807, 2.05) is 91.0 Å². The lowest BCUT2D eigenvalue weighted by molar-refractivity contribution is 1.23. The van der Waals surface area contributed by atoms with Crippen LogP contribution in [0.1, 0.15) is 11.1 Å². The molecule has 1 aliphatic rings. The van der Waals surface area contributed by atoms with Crippen LogP contribution in [0.5, 0.6) is 0 Å². The molecule has 4 heteroatoms. The van der Waals surface area contributed by atoms with Crippen molar-refractivity contribution >= 4 is 34.8 Å². The Balaban J connectivity index is 1.80. The zero-order chi connectivity index (χ0) is 19.2. The predicted octanol–water partition coefficient (Wildman–Crippen LogP) is 7.78. The van der Waals surface area contributed by atoms with Gasteiger partial charge in [-0.25, -0.2) is 0 Å². The van der Waals surface area contributed by atoms with Crippen molar-refractivity contribution in [2.75, 3.05) is 0 Å². The fourth-order valence-electron chi connectivity index (χ4n) is 2.79. The molecule has 0 saturated heterocycles. The smallest absolute Gasteiger partial charge is 0.111 e. The molecule has 4 rings (SSSR count). The number of allylic oxidation sites excluding steroid dienone is 3. The van der Waals surface area contributed by atoms with Gasteiger partial charge in [-0.2, -0.15) is 0 Å². The van der Waals surface area contributed by atoms with E-state index in [-0.39, 0.29) is 0 Å². The fraction of sp³-hybridized carbons (Fsp3) is 0. The Labute approximate surface area is 174 Å². The molecule has 3 aromatic rings. The third-order valence-corrected chi connectivity index (χ3v) is 5.52. The summed E-state index contributed by atoms with van der Waals surface area (Å²) in [6.45, 7) is 0. The van der Waals surface area contributed by atoms with Crippen molar-refractivity contribution in [1.82, 2.24) is 0 Å². The maximum absolute atomic E-state index is 6.56. The Morgan fingerprint density at radius 2 is 1.07 bits per heavy atom. The van der Waals surface area contributed by atoms with Crippen molar-refractivity contribution in [1.29, 1.82) is 0 Å². The van der Waals surface area contributed by atoms with Crippen molar-refractivity contribution in [2.24, 2.45) is 10.2 Å². The second-order valence-corrected chi connectivity index (χ2v) is 7.61. The first-order valence-corrected chi connectivity index (χ1v) is 10.1. The molecule has 2 nitrogen and oxygen atoms in total. The lowest BCUT2D eigenvalue weighted by atomic mass is 10.1. The van der Waals surface area contributed by atoms with Gasteiger partial charge in [0.1, 0.15) is 11.4 Å². The number of nitrogens with zero attached hydrogens (tertiary/aromatic N) is 2. The van der Waals surface area contributed by atoms with E-state index >= 15 is 0 Å². The highest BCUT2D eigenvalue weighted by atomic mass is 35.5. The quantitative estimate of drug-likeness (QED) is 0.438. The largest absolute Gasteiger partial charge is 0.149 e. The molecule has 1 heterocycles. The molecule has 0 saturated carbocycles. The third kappa shape index (κ3) is 4.33. The zero-order valence-electron chi connectivity index (χ0n) is 15.0. The highest BCUT2D eigenvalue weighted by Gasteiger charge is 2.14. The highest BCUT2D eigenvalue weighted by Crippen LogP contribution is 2.38. The Morgan fingerprint density at radius 3 is 1.68 bits per heavy atom. The summed E-state index contributed by atoms with van der Waals surface area (Å²) in [6.07, 6.45) is 3.92. The van der Waals surface area contributed by atoms with Crippen LogP contribution in [0.25, 0.3) is 11.4 Å². The molecule has 3 aromatic carbocycles. The standard InChI is InChI=1S/C24H17ClN2S/c25-21-16-17-22(28-20-14-8-3-9-15-20)24(19-12-6-2-7-13-19)27-26-23(21)18-10-4-1-5-11-18/h1-17H. The minimum Gasteiger partial charge on any atom is -0.149 e. The molecule has 0 fully saturated rings. The molecule has 0 unspecified atom stereocenters. The molecule has 136 valence electrons. The van der Waals surface area contributed by atoms with Crippen molar-refractivity contribution in [3.05, 3.63) is 124 Å². The van der Waals surface area contributed by atoms with Crippen molar-refractivity contribution in [2.45, 2.75) is 4.90 Å². The summed E-state index contributed by atoms with van der Waals surface area (Å²) in [5.41, 5.74) is 3.44. The van der Waals surface area contributed by atoms with Gasteiger partial charge in [0.25, 0.3) is 0 Å². The van der Waals surface area contributed by atoms with Gasteiger partial charge in [-0.3, -0.25) is 0 Å². The molecular weight excluding hydrogens is 384 g/mol. The molecule has 0 N–H and O–H groups in total. The second-order valence-electron chi connectivity index (χ2n) is 6.09. The first-order chi connectivity index (χ1) is 13.8. The molecule has 0 bridgehead atoms. The van der Waals surface area contributed by atoms with Gasteiger partial charge in [0.15, 0.2) is 0 Å². The summed E-state index contributed by atoms with van der Waals surface area (Å²) < 4.78 is 0. The van der Waals surface area contributed by atoms with Gasteiger partial charge in [0.2, 0.25) is 0 Å². The van der Waals surface area contributed by atoms with Crippen LogP contribution in [0.4, 0.5) is 0 Å². The van der Waals surface area contributed by atoms with Gasteiger partial charge in [-0.05, 0) is 24.3 Å². The molecule has 0 amide bonds. The van der Waals surface area contributed by atoms with E-state index < -0.39 is 0 Å². The number of halogens is 1. The average Bonchev–Trinajstić information content (AvgIpc) is 2.75. The van der Waals surface area contributed by atoms with E-state index in [1.165, 1.54) is 0 Å². The van der Waals surface area contributed by atoms with Crippen molar-refractivity contribution < 1.29 is 0 Å². The normalized spacial score (nSPS) is 14.2. The summed E-state index contributed by atoms with van der Waals surface area (Å²) >= 11 is 8.21. The minimum atomic E-state index is 0.563. The van der Waals surface area contributed by atoms with Crippen molar-refractivity contribution in [3.63, 3.8) is 0 Å². The number of hydrogen-bond donors (Lipinski definition) is 0. The second kappa shape index (κ2) is 8.87. The fourth-order valence-corrected chi connectivity index (χ4v) is 3.94. The topological polar surface area (TPSA) is 24.7 Å². The van der Waals surface area contributed by atoms with E-state index in [0.29, 0.717) is 10.7 Å². The summed E-state index contributed by atoms with van der Waals surface area (Å²) in [7, 11) is 0. The van der Waals surface area contributed by atoms with E-state index in [0.717, 1.165) is 26.6 Å². The summed E-state index contributed by atoms with van der Waals surface area (Å²) in [6, 6.07) is 30.2. The van der Waals surface area contributed by atoms with Crippen molar-refractivity contribution in [3.8, 4) is 0 Å². The molecular formula is C24H17ClN2S. The lowest BCUT2D eigenvalue weighted by Crippen LogP contribution is -1.90. The Bertz CT molecular complexity index is 1070. The van der Waals surface area contributed by atoms with Crippen LogP contribution < -0.4 is 0 Å². The van der Waals surface area contributed by atoms with Gasteiger partial charge < -0.3 is 0 Å². The van der Waals surface area contributed by atoms with E-state index in [2.05, 4.69) is 22.4 Å². The van der Waals surface area contributed by atoms with Gasteiger partial charge >= 0.3 is 0 Å². The number of rotatable bonds is 4. The van der Waals surface area contributed by atoms with Crippen LogP contribution in [-0.2, 0) is 0 Å². The van der Waals surface area contributed by atoms with Gasteiger partial charge in [0.05, 0.1) is 5.03 Å². The number of benzene rings is 3. The summed E-state index contributed by atoms with van der Waals surface area (Å²) in [4.78, 5) is 2.13. The molecule has 28 heavy (non-hydrogen) atoms. The van der Waals surface area contributed by atoms with Gasteiger partial charge in [-0.15, -0.1) is 10.2 Å². The summed E-state index contributed by atoms with van der Waals surface area (Å²) in [5.74, 6) is 0. The Morgan fingerprint density at radius 1 is 0.571 bits per heavy atom. The lowest BCUT2D eigenvalue weighted by Gasteiger charge is -2.12. The Hall–Kier alpha value is -2.88. The summed E-state index contributed by atoms with van der Waals surface area (Å²) in [5, 5.41) is 9.73. The zero-order valence-corrected chi connectivity index (χ0v) is 16.6. The number of thioether (sulfide) groups is 1. The van der Waals surface area contributed by atoms with Crippen LogP contribution >= 0.6 is 23.4 Å². The molecule has 0 atom stereocenters. The first-order valence-electron chi connectivity index (χ1n) is 8.89. The molecule has 0 spiro atoms. The minimum absolute atomic E-state index is 0.563. The molecule has 0 aromatic heterocycles. The molecule has 0 aliphatic carbocycles. The average molecular weight is 401 g/mol. The van der Waals surface area contributed by atoms with Crippen LogP contribution in [0.2, 0.25) is 0 Å². The van der Waals surface area contributed by atoms with E-state index in [4.69, 9.17) is 11.6 Å². The van der Waals surface area contributed by atoms with Crippen LogP contribution in [-0.4, -0.2) is 0 Å². The highest BCUT2D eigenvalue weighted by molar-refractivity contribution is 8.03. The SMILES string of the molecule is ClC1=C(c2ccccc2)N=NC(c2ccccc2)=C(Sc2ccccc2)C=C1. The van der Waals surface area contributed by atoms with Gasteiger partial charge in [-0.1, -0.05) is 102 Å². The van der Waals surface area contributed by atoms with Gasteiger partial charge in [0, 0.05) is 20.9 Å². The Kier molecular flexibility index (Phi) is 5.86.